The quantitative estimate of drug-likeness (QED) is 0.708. The molecule has 1 aromatic carbocycles. The molecule has 2 heterocycles. The molecule has 0 N–H and O–H groups in total. The molecule has 0 bridgehead atoms. The Hall–Kier alpha value is -2.19. The summed E-state index contributed by atoms with van der Waals surface area (Å²) in [5, 5.41) is 4.08. The molecule has 1 saturated carbocycles. The lowest BCUT2D eigenvalue weighted by molar-refractivity contribution is 0.379. The van der Waals surface area contributed by atoms with Gasteiger partial charge in [-0.2, -0.15) is 14.1 Å². The second-order valence-electron chi connectivity index (χ2n) is 8.81. The number of benzene rings is 1. The van der Waals surface area contributed by atoms with Crippen LogP contribution in [0.5, 0.6) is 0 Å². The van der Waals surface area contributed by atoms with Crippen molar-refractivity contribution in [1.82, 2.24) is 14.1 Å². The van der Waals surface area contributed by atoms with Crippen molar-refractivity contribution < 1.29 is 8.42 Å². The molecule has 8 heteroatoms. The maximum Gasteiger partial charge on any atom is 0.277 e. The molecular formula is C23H32N4O3S. The number of rotatable bonds is 5. The third kappa shape index (κ3) is 4.41. The first-order chi connectivity index (χ1) is 14.9. The van der Waals surface area contributed by atoms with Gasteiger partial charge in [-0.25, -0.2) is 8.42 Å². The Balaban J connectivity index is 1.68. The van der Waals surface area contributed by atoms with Gasteiger partial charge in [0, 0.05) is 31.7 Å². The van der Waals surface area contributed by atoms with Crippen molar-refractivity contribution in [3.05, 3.63) is 52.4 Å². The van der Waals surface area contributed by atoms with E-state index < -0.39 is 15.3 Å². The number of anilines is 1. The highest BCUT2D eigenvalue weighted by atomic mass is 32.2. The van der Waals surface area contributed by atoms with Gasteiger partial charge < -0.3 is 4.90 Å². The average molecular weight is 445 g/mol. The summed E-state index contributed by atoms with van der Waals surface area (Å²) >= 11 is 0. The molecule has 2 aromatic rings. The summed E-state index contributed by atoms with van der Waals surface area (Å²) in [6.45, 7) is 5.45. The van der Waals surface area contributed by atoms with Crippen LogP contribution in [0.25, 0.3) is 5.69 Å². The van der Waals surface area contributed by atoms with Gasteiger partial charge in [-0.05, 0) is 44.7 Å². The number of hydrogen-bond acceptors (Lipinski definition) is 5. The largest absolute Gasteiger partial charge is 0.367 e. The fourth-order valence-electron chi connectivity index (χ4n) is 4.72. The summed E-state index contributed by atoms with van der Waals surface area (Å²) in [6.07, 6.45) is 7.33. The monoisotopic (exact) mass is 444 g/mol. The molecular weight excluding hydrogens is 412 g/mol. The summed E-state index contributed by atoms with van der Waals surface area (Å²) in [5.74, 6) is 0.228. The highest BCUT2D eigenvalue weighted by molar-refractivity contribution is 7.89. The molecule has 2 fully saturated rings. The second-order valence-corrected chi connectivity index (χ2v) is 11.3. The average Bonchev–Trinajstić information content (AvgIpc) is 2.80. The van der Waals surface area contributed by atoms with Gasteiger partial charge in [-0.1, -0.05) is 37.5 Å². The fraction of sp³-hybridized carbons (Fsp3) is 0.565. The zero-order chi connectivity index (χ0) is 22.0. The summed E-state index contributed by atoms with van der Waals surface area (Å²) in [4.78, 5) is 15.8. The third-order valence-corrected chi connectivity index (χ3v) is 8.82. The van der Waals surface area contributed by atoms with Crippen molar-refractivity contribution in [2.75, 3.05) is 31.1 Å². The molecule has 0 spiro atoms. The molecule has 1 aromatic heterocycles. The van der Waals surface area contributed by atoms with Gasteiger partial charge in [0.15, 0.2) is 0 Å². The van der Waals surface area contributed by atoms with Gasteiger partial charge in [-0.3, -0.25) is 4.79 Å². The van der Waals surface area contributed by atoms with E-state index in [1.807, 2.05) is 36.5 Å². The zero-order valence-electron chi connectivity index (χ0n) is 18.4. The smallest absolute Gasteiger partial charge is 0.277 e. The van der Waals surface area contributed by atoms with Crippen LogP contribution in [0.2, 0.25) is 0 Å². The van der Waals surface area contributed by atoms with Crippen LogP contribution >= 0.6 is 0 Å². The minimum Gasteiger partial charge on any atom is -0.367 e. The van der Waals surface area contributed by atoms with Crippen LogP contribution < -0.4 is 10.5 Å². The summed E-state index contributed by atoms with van der Waals surface area (Å²) < 4.78 is 28.2. The second kappa shape index (κ2) is 9.12. The Morgan fingerprint density at radius 1 is 0.968 bits per heavy atom. The lowest BCUT2D eigenvalue weighted by Gasteiger charge is -2.37. The van der Waals surface area contributed by atoms with Crippen molar-refractivity contribution >= 4 is 15.7 Å². The van der Waals surface area contributed by atoms with Crippen LogP contribution in [0.15, 0.2) is 41.3 Å². The fourth-order valence-corrected chi connectivity index (χ4v) is 5.99. The molecule has 1 aliphatic carbocycles. The molecule has 1 aliphatic heterocycles. The van der Waals surface area contributed by atoms with Crippen molar-refractivity contribution in [3.8, 4) is 5.69 Å². The minimum absolute atomic E-state index is 0.0483. The van der Waals surface area contributed by atoms with Gasteiger partial charge in [0.2, 0.25) is 10.0 Å². The Bertz CT molecular complexity index is 1050. The Kier molecular flexibility index (Phi) is 6.48. The number of sulfonamides is 1. The Labute approximate surface area is 184 Å². The van der Waals surface area contributed by atoms with Crippen LogP contribution in [0.1, 0.15) is 57.4 Å². The van der Waals surface area contributed by atoms with Gasteiger partial charge in [-0.15, -0.1) is 0 Å². The third-order valence-electron chi connectivity index (χ3n) is 6.54. The molecule has 168 valence electrons. The number of piperazine rings is 1. The standard InChI is InChI=1S/C23H32N4O3S/c1-18(2)31(29,30)26-15-13-25(14-16-26)21-17-24-27(20-11-7-4-8-12-20)23(28)22(21)19-9-5-3-6-10-19/h4,7-8,11-12,17-19H,3,5-6,9-10,13-16H2,1-2H3. The Morgan fingerprint density at radius 2 is 1.61 bits per heavy atom. The molecule has 1 saturated heterocycles. The van der Waals surface area contributed by atoms with E-state index in [0.29, 0.717) is 26.2 Å². The first-order valence-electron chi connectivity index (χ1n) is 11.3. The van der Waals surface area contributed by atoms with E-state index in [1.54, 1.807) is 18.2 Å². The van der Waals surface area contributed by atoms with Crippen molar-refractivity contribution in [3.63, 3.8) is 0 Å². The maximum atomic E-state index is 13.6. The van der Waals surface area contributed by atoms with Gasteiger partial charge in [0.05, 0.1) is 22.8 Å². The van der Waals surface area contributed by atoms with E-state index >= 15 is 0 Å². The molecule has 4 rings (SSSR count). The maximum absolute atomic E-state index is 13.6. The highest BCUT2D eigenvalue weighted by Crippen LogP contribution is 2.36. The number of nitrogens with zero attached hydrogens (tertiary/aromatic N) is 4. The molecule has 7 nitrogen and oxygen atoms in total. The first kappa shape index (κ1) is 22.0. The molecule has 0 radical (unpaired) electrons. The molecule has 31 heavy (non-hydrogen) atoms. The van der Waals surface area contributed by atoms with Crippen LogP contribution in [0, 0.1) is 0 Å². The zero-order valence-corrected chi connectivity index (χ0v) is 19.2. The predicted molar refractivity (Wildman–Crippen MR) is 124 cm³/mol. The van der Waals surface area contributed by atoms with Crippen LogP contribution in [-0.2, 0) is 10.0 Å². The van der Waals surface area contributed by atoms with Crippen molar-refractivity contribution in [1.29, 1.82) is 0 Å². The normalized spacial score (nSPS) is 19.1. The van der Waals surface area contributed by atoms with Gasteiger partial charge in [0.25, 0.3) is 5.56 Å². The van der Waals surface area contributed by atoms with E-state index in [0.717, 1.165) is 42.6 Å². The number of para-hydroxylation sites is 1. The van der Waals surface area contributed by atoms with Crippen molar-refractivity contribution in [2.45, 2.75) is 57.1 Å². The summed E-state index contributed by atoms with van der Waals surface area (Å²) in [5.41, 5.74) is 2.45. The van der Waals surface area contributed by atoms with Crippen LogP contribution in [0.3, 0.4) is 0 Å². The molecule has 0 unspecified atom stereocenters. The van der Waals surface area contributed by atoms with E-state index in [-0.39, 0.29) is 11.5 Å². The van der Waals surface area contributed by atoms with Gasteiger partial charge >= 0.3 is 0 Å². The topological polar surface area (TPSA) is 75.5 Å². The van der Waals surface area contributed by atoms with E-state index in [9.17, 15) is 13.2 Å². The lowest BCUT2D eigenvalue weighted by Crippen LogP contribution is -2.51. The highest BCUT2D eigenvalue weighted by Gasteiger charge is 2.32. The number of aromatic nitrogens is 2. The molecule has 2 aliphatic rings. The van der Waals surface area contributed by atoms with E-state index in [1.165, 1.54) is 11.1 Å². The van der Waals surface area contributed by atoms with Crippen LogP contribution in [-0.4, -0.2) is 53.9 Å². The van der Waals surface area contributed by atoms with Crippen molar-refractivity contribution in [2.24, 2.45) is 0 Å². The van der Waals surface area contributed by atoms with E-state index in [4.69, 9.17) is 0 Å². The van der Waals surface area contributed by atoms with E-state index in [2.05, 4.69) is 10.00 Å². The Morgan fingerprint density at radius 3 is 2.23 bits per heavy atom. The minimum atomic E-state index is -3.26. The molecule has 0 amide bonds. The predicted octanol–water partition coefficient (Wildman–Crippen LogP) is 3.14. The van der Waals surface area contributed by atoms with Gasteiger partial charge in [0.1, 0.15) is 0 Å². The number of hydrogen-bond donors (Lipinski definition) is 0. The van der Waals surface area contributed by atoms with Crippen LogP contribution in [0.4, 0.5) is 5.69 Å². The molecule has 0 atom stereocenters. The summed E-state index contributed by atoms with van der Waals surface area (Å²) in [6, 6.07) is 9.54. The first-order valence-corrected chi connectivity index (χ1v) is 12.8. The lowest BCUT2D eigenvalue weighted by atomic mass is 9.84. The summed E-state index contributed by atoms with van der Waals surface area (Å²) in [7, 11) is -3.26. The SMILES string of the molecule is CC(C)S(=O)(=O)N1CCN(c2cnn(-c3ccccc3)c(=O)c2C2CCCCC2)CC1.